The number of aliphatic carboxylic acids is 1. The Morgan fingerprint density at radius 2 is 1.33 bits per heavy atom. The fourth-order valence-electron chi connectivity index (χ4n) is 0.509. The highest BCUT2D eigenvalue weighted by Crippen LogP contribution is 2.03. The first kappa shape index (κ1) is 11.3. The molecule has 7 heteroatoms. The molecule has 0 radical (unpaired) electrons. The first-order valence-corrected chi connectivity index (χ1v) is 3.01. The lowest BCUT2D eigenvalue weighted by Crippen LogP contribution is -2.47. The van der Waals surface area contributed by atoms with Crippen molar-refractivity contribution >= 4 is 5.97 Å². The maximum Gasteiger partial charge on any atom is 0.335 e. The van der Waals surface area contributed by atoms with Crippen LogP contribution in [0, 0.1) is 0 Å². The van der Waals surface area contributed by atoms with Crippen LogP contribution in [0.1, 0.15) is 0 Å². The summed E-state index contributed by atoms with van der Waals surface area (Å²) in [5, 5.41) is 50.6. The van der Waals surface area contributed by atoms with Gasteiger partial charge in [0.2, 0.25) is 0 Å². The van der Waals surface area contributed by atoms with Gasteiger partial charge < -0.3 is 30.6 Å². The minimum atomic E-state index is -2.30. The van der Waals surface area contributed by atoms with Crippen molar-refractivity contribution in [1.29, 1.82) is 0 Å². The van der Waals surface area contributed by atoms with Crippen molar-refractivity contribution in [3.05, 3.63) is 0 Å². The summed E-state index contributed by atoms with van der Waals surface area (Å²) in [4.78, 5) is 9.98. The van der Waals surface area contributed by atoms with Crippen LogP contribution in [0.3, 0.4) is 0 Å². The molecule has 3 unspecified atom stereocenters. The number of aliphatic hydroxyl groups excluding tert-OH is 4. The van der Waals surface area contributed by atoms with Crippen LogP contribution in [0.5, 0.6) is 0 Å². The molecule has 6 N–H and O–H groups in total. The third kappa shape index (κ3) is 2.72. The number of carbonyl (C=O) groups is 1. The molecule has 0 rings (SSSR count). The zero-order valence-electron chi connectivity index (χ0n) is 5.90. The van der Waals surface area contributed by atoms with Crippen molar-refractivity contribution in [2.24, 2.45) is 0 Å². The highest BCUT2D eigenvalue weighted by molar-refractivity contribution is 5.72. The molecule has 3 atom stereocenters. The van der Waals surface area contributed by atoms with Crippen molar-refractivity contribution in [2.45, 2.75) is 24.6 Å². The number of rotatable bonds is 4. The molecule has 0 fully saturated rings. The Labute approximate surface area is 67.1 Å². The minimum Gasteiger partial charge on any atom is -0.479 e. The summed E-state index contributed by atoms with van der Waals surface area (Å²) in [5.41, 5.74) is 0. The summed E-state index contributed by atoms with van der Waals surface area (Å²) in [6, 6.07) is 0. The molecule has 0 aromatic carbocycles. The average Bonchev–Trinajstić information content (AvgIpc) is 2.00. The lowest BCUT2D eigenvalue weighted by Gasteiger charge is -2.20. The second-order valence-corrected chi connectivity index (χ2v) is 2.18. The average molecular weight is 182 g/mol. The molecule has 7 nitrogen and oxygen atoms in total. The quantitative estimate of drug-likeness (QED) is 0.247. The number of carboxylic acids is 1. The van der Waals surface area contributed by atoms with Gasteiger partial charge >= 0.3 is 5.97 Å². The van der Waals surface area contributed by atoms with Gasteiger partial charge in [-0.25, -0.2) is 4.79 Å². The van der Waals surface area contributed by atoms with E-state index in [0.29, 0.717) is 0 Å². The number of hydrogen-bond donors (Lipinski definition) is 6. The summed E-state index contributed by atoms with van der Waals surface area (Å²) < 4.78 is 0. The monoisotopic (exact) mass is 182 g/mol. The molecule has 0 spiro atoms. The molecule has 0 saturated heterocycles. The SMILES string of the molecule is O=C(O)C(O)C(O)C(O)C(O)O. The number of carboxylic acid groups (broad SMARTS) is 1. The predicted molar refractivity (Wildman–Crippen MR) is 33.9 cm³/mol. The van der Waals surface area contributed by atoms with Gasteiger partial charge in [0, 0.05) is 0 Å². The predicted octanol–water partition coefficient (Wildman–Crippen LogP) is -3.54. The van der Waals surface area contributed by atoms with Gasteiger partial charge in [0.05, 0.1) is 0 Å². The van der Waals surface area contributed by atoms with Crippen LogP contribution in [0.4, 0.5) is 0 Å². The van der Waals surface area contributed by atoms with Crippen LogP contribution >= 0.6 is 0 Å². The van der Waals surface area contributed by atoms with E-state index in [0.717, 1.165) is 0 Å². The van der Waals surface area contributed by atoms with E-state index in [1.165, 1.54) is 0 Å². The van der Waals surface area contributed by atoms with E-state index in [1.54, 1.807) is 0 Å². The highest BCUT2D eigenvalue weighted by atomic mass is 16.5. The Hall–Kier alpha value is -0.730. The molecule has 0 aromatic heterocycles. The van der Waals surface area contributed by atoms with Gasteiger partial charge in [-0.1, -0.05) is 0 Å². The molecule has 12 heavy (non-hydrogen) atoms. The molecule has 0 aliphatic rings. The van der Waals surface area contributed by atoms with Gasteiger partial charge in [-0.2, -0.15) is 0 Å². The summed E-state index contributed by atoms with van der Waals surface area (Å²) in [5.74, 6) is -1.76. The second-order valence-electron chi connectivity index (χ2n) is 2.18. The molecule has 0 aliphatic heterocycles. The normalized spacial score (nSPS) is 18.8. The maximum atomic E-state index is 9.98. The molecule has 0 aliphatic carbocycles. The van der Waals surface area contributed by atoms with Gasteiger partial charge in [0.15, 0.2) is 12.4 Å². The fourth-order valence-corrected chi connectivity index (χ4v) is 0.509. The van der Waals surface area contributed by atoms with Gasteiger partial charge in [-0.15, -0.1) is 0 Å². The fraction of sp³-hybridized carbons (Fsp3) is 0.800. The summed E-state index contributed by atoms with van der Waals surface area (Å²) in [7, 11) is 0. The lowest BCUT2D eigenvalue weighted by molar-refractivity contribution is -0.187. The van der Waals surface area contributed by atoms with Crippen molar-refractivity contribution < 1.29 is 35.4 Å². The Balaban J connectivity index is 4.18. The zero-order valence-corrected chi connectivity index (χ0v) is 5.90. The Kier molecular flexibility index (Phi) is 4.07. The smallest absolute Gasteiger partial charge is 0.335 e. The molecular formula is C5H10O7. The molecule has 72 valence electrons. The third-order valence-corrected chi connectivity index (χ3v) is 1.23. The summed E-state index contributed by atoms with van der Waals surface area (Å²) in [6.45, 7) is 0. The van der Waals surface area contributed by atoms with Gasteiger partial charge in [-0.3, -0.25) is 0 Å². The van der Waals surface area contributed by atoms with Crippen LogP contribution < -0.4 is 0 Å². The second kappa shape index (κ2) is 4.33. The summed E-state index contributed by atoms with van der Waals surface area (Å²) in [6.07, 6.45) is -8.80. The molecule has 0 saturated carbocycles. The van der Waals surface area contributed by atoms with Crippen molar-refractivity contribution in [3.8, 4) is 0 Å². The van der Waals surface area contributed by atoms with E-state index in [1.807, 2.05) is 0 Å². The van der Waals surface area contributed by atoms with Crippen LogP contribution in [0.15, 0.2) is 0 Å². The van der Waals surface area contributed by atoms with Crippen molar-refractivity contribution in [1.82, 2.24) is 0 Å². The molecule has 0 amide bonds. The van der Waals surface area contributed by atoms with Crippen LogP contribution in [-0.4, -0.2) is 61.2 Å². The van der Waals surface area contributed by atoms with E-state index >= 15 is 0 Å². The van der Waals surface area contributed by atoms with Crippen molar-refractivity contribution in [2.75, 3.05) is 0 Å². The lowest BCUT2D eigenvalue weighted by atomic mass is 10.1. The summed E-state index contributed by atoms with van der Waals surface area (Å²) >= 11 is 0. The number of aliphatic hydroxyl groups is 5. The molecule has 0 aromatic rings. The van der Waals surface area contributed by atoms with Gasteiger partial charge in [-0.05, 0) is 0 Å². The first-order valence-electron chi connectivity index (χ1n) is 3.01. The molecule has 0 bridgehead atoms. The third-order valence-electron chi connectivity index (χ3n) is 1.23. The van der Waals surface area contributed by atoms with E-state index in [4.69, 9.17) is 30.6 Å². The van der Waals surface area contributed by atoms with E-state index in [2.05, 4.69) is 0 Å². The zero-order chi connectivity index (χ0) is 9.89. The number of hydrogen-bond acceptors (Lipinski definition) is 6. The maximum absolute atomic E-state index is 9.98. The van der Waals surface area contributed by atoms with Gasteiger partial charge in [0.1, 0.15) is 12.2 Å². The van der Waals surface area contributed by atoms with Crippen LogP contribution in [-0.2, 0) is 4.79 Å². The largest absolute Gasteiger partial charge is 0.479 e. The molecular weight excluding hydrogens is 172 g/mol. The van der Waals surface area contributed by atoms with Gasteiger partial charge in [0.25, 0.3) is 0 Å². The van der Waals surface area contributed by atoms with Crippen LogP contribution in [0.25, 0.3) is 0 Å². The topological polar surface area (TPSA) is 138 Å². The van der Waals surface area contributed by atoms with Crippen molar-refractivity contribution in [3.63, 3.8) is 0 Å². The Morgan fingerprint density at radius 1 is 0.917 bits per heavy atom. The standard InChI is InChI=1S/C5H10O7/c6-1(2(7)4(9)10)3(8)5(11)12/h1-4,6-10H,(H,11,12). The first-order chi connectivity index (χ1) is 5.37. The van der Waals surface area contributed by atoms with E-state index < -0.39 is 30.6 Å². The highest BCUT2D eigenvalue weighted by Gasteiger charge is 2.33. The Bertz CT molecular complexity index is 156. The van der Waals surface area contributed by atoms with Crippen LogP contribution in [0.2, 0.25) is 0 Å². The molecule has 0 heterocycles. The van der Waals surface area contributed by atoms with E-state index in [9.17, 15) is 4.79 Å². The Morgan fingerprint density at radius 3 is 1.58 bits per heavy atom. The van der Waals surface area contributed by atoms with E-state index in [-0.39, 0.29) is 0 Å². The minimum absolute atomic E-state index is 1.76.